The summed E-state index contributed by atoms with van der Waals surface area (Å²) >= 11 is 0. The van der Waals surface area contributed by atoms with Gasteiger partial charge in [-0.2, -0.15) is 0 Å². The van der Waals surface area contributed by atoms with Gasteiger partial charge in [-0.1, -0.05) is 5.11 Å². The first kappa shape index (κ1) is 12.9. The summed E-state index contributed by atoms with van der Waals surface area (Å²) in [5.74, 6) is -0.815. The molecule has 1 N–H and O–H groups in total. The highest BCUT2D eigenvalue weighted by molar-refractivity contribution is 5.92. The van der Waals surface area contributed by atoms with Gasteiger partial charge in [-0.15, -0.1) is 0 Å². The van der Waals surface area contributed by atoms with E-state index in [0.29, 0.717) is 25.9 Å². The number of unbranched alkanes of at least 4 members (excludes halogenated alkanes) is 1. The molecule has 1 aromatic heterocycles. The lowest BCUT2D eigenvalue weighted by molar-refractivity contribution is 0.0948. The van der Waals surface area contributed by atoms with Gasteiger partial charge in [0.1, 0.15) is 11.5 Å². The summed E-state index contributed by atoms with van der Waals surface area (Å²) in [5, 5.41) is 6.01. The zero-order valence-corrected chi connectivity index (χ0v) is 9.14. The Kier molecular flexibility index (Phi) is 5.46. The van der Waals surface area contributed by atoms with E-state index in [9.17, 15) is 9.18 Å². The van der Waals surface area contributed by atoms with Gasteiger partial charge in [-0.25, -0.2) is 9.37 Å². The topological polar surface area (TPSA) is 90.8 Å². The normalized spacial score (nSPS) is 9.47. The van der Waals surface area contributed by atoms with Crippen LogP contribution < -0.4 is 5.32 Å². The van der Waals surface area contributed by atoms with E-state index in [1.165, 1.54) is 12.1 Å². The number of nitrogens with one attached hydrogen (secondary N) is 1. The summed E-state index contributed by atoms with van der Waals surface area (Å²) in [5.41, 5.74) is 8.21. The number of hydrogen-bond acceptors (Lipinski definition) is 3. The Labute approximate surface area is 97.5 Å². The van der Waals surface area contributed by atoms with Gasteiger partial charge in [0.25, 0.3) is 5.91 Å². The van der Waals surface area contributed by atoms with Gasteiger partial charge < -0.3 is 5.32 Å². The number of nitrogens with zero attached hydrogens (tertiary/aromatic N) is 4. The Morgan fingerprint density at radius 1 is 1.53 bits per heavy atom. The van der Waals surface area contributed by atoms with Gasteiger partial charge in [-0.05, 0) is 30.5 Å². The molecule has 1 amide bonds. The first-order valence-corrected chi connectivity index (χ1v) is 5.14. The Hall–Kier alpha value is -2.14. The third-order valence-corrected chi connectivity index (χ3v) is 1.99. The first-order valence-electron chi connectivity index (χ1n) is 5.14. The third-order valence-electron chi connectivity index (χ3n) is 1.99. The third kappa shape index (κ3) is 4.94. The molecule has 0 bridgehead atoms. The predicted molar refractivity (Wildman–Crippen MR) is 59.8 cm³/mol. The number of halogens is 1. The summed E-state index contributed by atoms with van der Waals surface area (Å²) in [4.78, 5) is 17.7. The predicted octanol–water partition coefficient (Wildman–Crippen LogP) is 2.04. The number of rotatable bonds is 6. The van der Waals surface area contributed by atoms with Crippen molar-refractivity contribution in [2.45, 2.75) is 12.8 Å². The van der Waals surface area contributed by atoms with Crippen molar-refractivity contribution in [1.82, 2.24) is 10.3 Å². The van der Waals surface area contributed by atoms with E-state index < -0.39 is 5.82 Å². The molecule has 6 nitrogen and oxygen atoms in total. The van der Waals surface area contributed by atoms with Crippen molar-refractivity contribution < 1.29 is 9.18 Å². The highest BCUT2D eigenvalue weighted by Gasteiger charge is 2.05. The second kappa shape index (κ2) is 7.19. The lowest BCUT2D eigenvalue weighted by Gasteiger charge is -2.03. The number of amides is 1. The van der Waals surface area contributed by atoms with Crippen LogP contribution in [-0.2, 0) is 0 Å². The number of hydrogen-bond donors (Lipinski definition) is 1. The molecule has 0 aromatic carbocycles. The summed E-state index contributed by atoms with van der Waals surface area (Å²) < 4.78 is 12.5. The van der Waals surface area contributed by atoms with Crippen LogP contribution in [0.4, 0.5) is 4.39 Å². The molecule has 0 spiro atoms. The molecule has 0 aliphatic carbocycles. The average molecular weight is 237 g/mol. The van der Waals surface area contributed by atoms with Gasteiger partial charge >= 0.3 is 0 Å². The number of aromatic nitrogens is 1. The Morgan fingerprint density at radius 3 is 3.00 bits per heavy atom. The molecule has 7 heteroatoms. The fourth-order valence-electron chi connectivity index (χ4n) is 1.15. The van der Waals surface area contributed by atoms with Crippen LogP contribution in [0.3, 0.4) is 0 Å². The summed E-state index contributed by atoms with van der Waals surface area (Å²) in [6.07, 6.45) is 2.42. The summed E-state index contributed by atoms with van der Waals surface area (Å²) in [7, 11) is 0. The largest absolute Gasteiger partial charge is 0.351 e. The van der Waals surface area contributed by atoms with Gasteiger partial charge in [0.15, 0.2) is 0 Å². The van der Waals surface area contributed by atoms with Crippen LogP contribution in [0.5, 0.6) is 0 Å². The first-order chi connectivity index (χ1) is 8.24. The molecule has 1 rings (SSSR count). The van der Waals surface area contributed by atoms with Crippen LogP contribution in [0.1, 0.15) is 23.3 Å². The highest BCUT2D eigenvalue weighted by atomic mass is 19.1. The molecule has 0 radical (unpaired) electrons. The highest BCUT2D eigenvalue weighted by Crippen LogP contribution is 1.98. The van der Waals surface area contributed by atoms with E-state index in [1.54, 1.807) is 0 Å². The van der Waals surface area contributed by atoms with Crippen molar-refractivity contribution in [1.29, 1.82) is 0 Å². The van der Waals surface area contributed by atoms with E-state index in [1.807, 2.05) is 0 Å². The van der Waals surface area contributed by atoms with Gasteiger partial charge in [-0.3, -0.25) is 4.79 Å². The molecular formula is C10H12FN5O. The number of azide groups is 1. The Bertz CT molecular complexity index is 413. The molecule has 0 saturated carbocycles. The molecule has 0 fully saturated rings. The van der Waals surface area contributed by atoms with Crippen molar-refractivity contribution in [2.24, 2.45) is 5.11 Å². The minimum Gasteiger partial charge on any atom is -0.351 e. The standard InChI is InChI=1S/C10H12FN5O/c11-8-3-4-9(14-7-8)10(17)13-5-1-2-6-15-16-12/h3-4,7H,1-2,5-6H2,(H,13,17). The quantitative estimate of drug-likeness (QED) is 0.355. The zero-order valence-electron chi connectivity index (χ0n) is 9.14. The fraction of sp³-hybridized carbons (Fsp3) is 0.400. The molecule has 0 unspecified atom stereocenters. The summed E-state index contributed by atoms with van der Waals surface area (Å²) in [6.45, 7) is 0.889. The van der Waals surface area contributed by atoms with Crippen molar-refractivity contribution in [3.05, 3.63) is 40.3 Å². The maximum Gasteiger partial charge on any atom is 0.269 e. The molecule has 0 atom stereocenters. The lowest BCUT2D eigenvalue weighted by Crippen LogP contribution is -2.25. The Morgan fingerprint density at radius 2 is 2.35 bits per heavy atom. The number of carbonyl (C=O) groups is 1. The van der Waals surface area contributed by atoms with E-state index in [0.717, 1.165) is 6.20 Å². The maximum atomic E-state index is 12.5. The van der Waals surface area contributed by atoms with Crippen LogP contribution in [0, 0.1) is 5.82 Å². The second-order valence-corrected chi connectivity index (χ2v) is 3.28. The van der Waals surface area contributed by atoms with Gasteiger partial charge in [0, 0.05) is 18.0 Å². The van der Waals surface area contributed by atoms with E-state index in [2.05, 4.69) is 20.3 Å². The van der Waals surface area contributed by atoms with Crippen LogP contribution in [-0.4, -0.2) is 24.0 Å². The number of pyridine rings is 1. The van der Waals surface area contributed by atoms with Crippen LogP contribution in [0.2, 0.25) is 0 Å². The maximum absolute atomic E-state index is 12.5. The van der Waals surface area contributed by atoms with Crippen molar-refractivity contribution in [3.63, 3.8) is 0 Å². The van der Waals surface area contributed by atoms with Crippen molar-refractivity contribution >= 4 is 5.91 Å². The SMILES string of the molecule is [N-]=[N+]=NCCCCNC(=O)c1ccc(F)cn1. The lowest BCUT2D eigenvalue weighted by atomic mass is 10.3. The summed E-state index contributed by atoms with van der Waals surface area (Å²) in [6, 6.07) is 2.51. The van der Waals surface area contributed by atoms with Crippen LogP contribution >= 0.6 is 0 Å². The minimum absolute atomic E-state index is 0.182. The molecule has 17 heavy (non-hydrogen) atoms. The van der Waals surface area contributed by atoms with E-state index in [-0.39, 0.29) is 11.6 Å². The molecule has 1 aromatic rings. The molecule has 0 saturated heterocycles. The van der Waals surface area contributed by atoms with Crippen LogP contribution in [0.25, 0.3) is 10.4 Å². The fourth-order valence-corrected chi connectivity index (χ4v) is 1.15. The smallest absolute Gasteiger partial charge is 0.269 e. The molecular weight excluding hydrogens is 225 g/mol. The molecule has 0 aliphatic rings. The van der Waals surface area contributed by atoms with E-state index in [4.69, 9.17) is 5.53 Å². The average Bonchev–Trinajstić information content (AvgIpc) is 2.34. The second-order valence-electron chi connectivity index (χ2n) is 3.28. The monoisotopic (exact) mass is 237 g/mol. The minimum atomic E-state index is -0.476. The van der Waals surface area contributed by atoms with E-state index >= 15 is 0 Å². The molecule has 0 aliphatic heterocycles. The van der Waals surface area contributed by atoms with Gasteiger partial charge in [0.05, 0.1) is 6.20 Å². The molecule has 1 heterocycles. The van der Waals surface area contributed by atoms with Gasteiger partial charge in [0.2, 0.25) is 0 Å². The van der Waals surface area contributed by atoms with Crippen molar-refractivity contribution in [2.75, 3.05) is 13.1 Å². The Balaban J connectivity index is 2.25. The van der Waals surface area contributed by atoms with Crippen LogP contribution in [0.15, 0.2) is 23.4 Å². The number of carbonyl (C=O) groups excluding carboxylic acids is 1. The van der Waals surface area contributed by atoms with Crippen molar-refractivity contribution in [3.8, 4) is 0 Å². The zero-order chi connectivity index (χ0) is 12.5. The molecule has 90 valence electrons.